The van der Waals surface area contributed by atoms with Crippen molar-refractivity contribution < 1.29 is 48.0 Å². The Hall–Kier alpha value is -1.15. The van der Waals surface area contributed by atoms with Crippen LogP contribution in [0, 0.1) is 0 Å². The van der Waals surface area contributed by atoms with E-state index in [9.17, 15) is 24.2 Å². The van der Waals surface area contributed by atoms with Crippen LogP contribution in [0.1, 0.15) is 18.3 Å². The number of halogens is 1. The van der Waals surface area contributed by atoms with Crippen molar-refractivity contribution in [3.8, 4) is 0 Å². The number of ether oxygens (including phenoxy) is 2. The van der Waals surface area contributed by atoms with Gasteiger partial charge in [-0.25, -0.2) is 9.50 Å². The smallest absolute Gasteiger partial charge is 0.340 e. The van der Waals surface area contributed by atoms with E-state index in [1.165, 1.54) is 10.7 Å². The fourth-order valence-corrected chi connectivity index (χ4v) is 6.46. The molecule has 2 aliphatic heterocycles. The van der Waals surface area contributed by atoms with Crippen molar-refractivity contribution in [1.82, 2.24) is 14.6 Å². The Bertz CT molecular complexity index is 1110. The molecular formula is C16H23ClN4O10P2. The average Bonchev–Trinajstić information content (AvgIpc) is 3.40. The molecule has 0 saturated carbocycles. The second kappa shape index (κ2) is 9.48. The van der Waals surface area contributed by atoms with Crippen molar-refractivity contribution in [3.05, 3.63) is 23.2 Å². The Kier molecular flexibility index (Phi) is 7.17. The number of anilines is 1. The summed E-state index contributed by atoms with van der Waals surface area (Å²) in [5.74, 6) is -1.26. The van der Waals surface area contributed by atoms with E-state index in [-0.39, 0.29) is 17.0 Å². The maximum absolute atomic E-state index is 11.9. The summed E-state index contributed by atoms with van der Waals surface area (Å²) in [6, 6.07) is 1.70. The first-order valence-electron chi connectivity index (χ1n) is 9.84. The van der Waals surface area contributed by atoms with Crippen LogP contribution in [-0.2, 0) is 23.1 Å². The quantitative estimate of drug-likeness (QED) is 0.251. The van der Waals surface area contributed by atoms with Crippen LogP contribution in [0.5, 0.6) is 0 Å². The molecule has 6 atom stereocenters. The normalized spacial score (nSPS) is 30.1. The molecule has 17 heteroatoms. The maximum atomic E-state index is 11.9. The first-order chi connectivity index (χ1) is 15.4. The van der Waals surface area contributed by atoms with E-state index >= 15 is 0 Å². The van der Waals surface area contributed by atoms with E-state index in [1.807, 2.05) is 0 Å². The average molecular weight is 529 g/mol. The van der Waals surface area contributed by atoms with Crippen LogP contribution in [0.25, 0.3) is 5.52 Å². The minimum absolute atomic E-state index is 0.0737. The molecule has 184 valence electrons. The monoisotopic (exact) mass is 528 g/mol. The lowest BCUT2D eigenvalue weighted by Gasteiger charge is -2.18. The zero-order valence-electron chi connectivity index (χ0n) is 17.0. The predicted molar refractivity (Wildman–Crippen MR) is 113 cm³/mol. The summed E-state index contributed by atoms with van der Waals surface area (Å²) in [6.45, 7) is 0.465. The van der Waals surface area contributed by atoms with E-state index in [1.54, 1.807) is 6.07 Å². The molecule has 2 saturated heterocycles. The number of hydrogen-bond donors (Lipinski definition) is 6. The third-order valence-corrected chi connectivity index (χ3v) is 8.85. The molecule has 4 rings (SSSR count). The van der Waals surface area contributed by atoms with Crippen LogP contribution in [0.4, 0.5) is 5.69 Å². The summed E-state index contributed by atoms with van der Waals surface area (Å²) in [6.07, 6.45) is -3.20. The van der Waals surface area contributed by atoms with Gasteiger partial charge in [0, 0.05) is 12.7 Å². The lowest BCUT2D eigenvalue weighted by atomic mass is 10.1. The Balaban J connectivity index is 1.53. The third-order valence-electron chi connectivity index (χ3n) is 5.21. The zero-order chi connectivity index (χ0) is 24.0. The number of rotatable bonds is 8. The van der Waals surface area contributed by atoms with Crippen LogP contribution >= 0.6 is 26.8 Å². The largest absolute Gasteiger partial charge is 0.387 e. The Morgan fingerprint density at radius 1 is 1.27 bits per heavy atom. The van der Waals surface area contributed by atoms with Gasteiger partial charge in [-0.1, -0.05) is 11.6 Å². The standard InChI is InChI=1S/C16H23ClN4O10P2/c17-12-3-9(19-8-1-2-29-5-8)10-4-18-16(21(10)20-12)15-14(23)13(22)11(31-15)6-30-33(27,28)7-32(24,25)26/h3-4,8,11,13-15,19,22-23H,1-2,5-7H2,(H,27,28)(H2,24,25,26)/t8-,11-,13-,14-,15-/m1/s1. The molecule has 2 fully saturated rings. The molecule has 1 unspecified atom stereocenters. The second-order valence-electron chi connectivity index (χ2n) is 7.81. The lowest BCUT2D eigenvalue weighted by Crippen LogP contribution is -2.33. The fourth-order valence-electron chi connectivity index (χ4n) is 3.71. The molecule has 14 nitrogen and oxygen atoms in total. The maximum Gasteiger partial charge on any atom is 0.340 e. The molecule has 0 spiro atoms. The van der Waals surface area contributed by atoms with Crippen molar-refractivity contribution in [2.75, 3.05) is 31.0 Å². The van der Waals surface area contributed by atoms with E-state index < -0.39 is 52.1 Å². The molecule has 0 amide bonds. The Labute approximate surface area is 192 Å². The van der Waals surface area contributed by atoms with Crippen LogP contribution in [-0.4, -0.2) is 89.6 Å². The minimum atomic E-state index is -4.81. The van der Waals surface area contributed by atoms with Gasteiger partial charge in [0.05, 0.1) is 31.1 Å². The molecule has 2 aliphatic rings. The van der Waals surface area contributed by atoms with Gasteiger partial charge in [-0.15, -0.1) is 0 Å². The lowest BCUT2D eigenvalue weighted by molar-refractivity contribution is -0.0217. The molecule has 4 heterocycles. The van der Waals surface area contributed by atoms with Gasteiger partial charge in [0.25, 0.3) is 0 Å². The van der Waals surface area contributed by atoms with Gasteiger partial charge in [-0.2, -0.15) is 5.10 Å². The molecule has 0 aliphatic carbocycles. The molecule has 6 N–H and O–H groups in total. The number of imidazole rings is 1. The number of aliphatic hydroxyl groups is 2. The van der Waals surface area contributed by atoms with Gasteiger partial charge in [-0.3, -0.25) is 9.13 Å². The molecule has 33 heavy (non-hydrogen) atoms. The van der Waals surface area contributed by atoms with Gasteiger partial charge >= 0.3 is 15.2 Å². The molecule has 0 bridgehead atoms. The predicted octanol–water partition coefficient (Wildman–Crippen LogP) is 0.0824. The highest BCUT2D eigenvalue weighted by Crippen LogP contribution is 2.55. The van der Waals surface area contributed by atoms with Gasteiger partial charge in [0.2, 0.25) is 0 Å². The number of hydrogen-bond acceptors (Lipinski definition) is 10. The van der Waals surface area contributed by atoms with Crippen molar-refractivity contribution in [2.45, 2.75) is 36.9 Å². The van der Waals surface area contributed by atoms with Crippen molar-refractivity contribution in [2.24, 2.45) is 0 Å². The number of nitrogens with zero attached hydrogens (tertiary/aromatic N) is 3. The summed E-state index contributed by atoms with van der Waals surface area (Å²) in [4.78, 5) is 31.6. The summed E-state index contributed by atoms with van der Waals surface area (Å²) < 4.78 is 39.9. The highest BCUT2D eigenvalue weighted by molar-refractivity contribution is 7.70. The van der Waals surface area contributed by atoms with E-state index in [0.29, 0.717) is 24.4 Å². The molecule has 2 aromatic rings. The van der Waals surface area contributed by atoms with Crippen LogP contribution < -0.4 is 5.32 Å². The first-order valence-corrected chi connectivity index (χ1v) is 13.8. The Morgan fingerprint density at radius 3 is 2.70 bits per heavy atom. The number of nitrogens with one attached hydrogen (secondary N) is 1. The minimum Gasteiger partial charge on any atom is -0.387 e. The number of aliphatic hydroxyl groups excluding tert-OH is 2. The topological polar surface area (TPSA) is 205 Å². The number of aromatic nitrogens is 3. The van der Waals surface area contributed by atoms with Gasteiger partial charge in [-0.05, 0) is 6.42 Å². The molecule has 0 radical (unpaired) electrons. The zero-order valence-corrected chi connectivity index (χ0v) is 19.5. The Morgan fingerprint density at radius 2 is 2.03 bits per heavy atom. The molecule has 2 aromatic heterocycles. The van der Waals surface area contributed by atoms with Crippen LogP contribution in [0.3, 0.4) is 0 Å². The highest BCUT2D eigenvalue weighted by Gasteiger charge is 2.46. The highest BCUT2D eigenvalue weighted by atomic mass is 35.5. The van der Waals surface area contributed by atoms with Crippen molar-refractivity contribution in [3.63, 3.8) is 0 Å². The van der Waals surface area contributed by atoms with Crippen molar-refractivity contribution >= 4 is 38.0 Å². The summed E-state index contributed by atoms with van der Waals surface area (Å²) in [5, 5.41) is 28.5. The van der Waals surface area contributed by atoms with Crippen molar-refractivity contribution in [1.29, 1.82) is 0 Å². The summed E-state index contributed by atoms with van der Waals surface area (Å²) in [7, 11) is -9.48. The van der Waals surface area contributed by atoms with E-state index in [0.717, 1.165) is 6.42 Å². The van der Waals surface area contributed by atoms with Gasteiger partial charge in [0.1, 0.15) is 29.9 Å². The number of fused-ring (bicyclic) bond motifs is 1. The second-order valence-corrected chi connectivity index (χ2v) is 12.2. The van der Waals surface area contributed by atoms with E-state index in [2.05, 4.69) is 15.4 Å². The summed E-state index contributed by atoms with van der Waals surface area (Å²) >= 11 is 6.17. The van der Waals surface area contributed by atoms with E-state index in [4.69, 9.17) is 35.4 Å². The van der Waals surface area contributed by atoms with Gasteiger partial charge in [0.15, 0.2) is 16.9 Å². The molecular weight excluding hydrogens is 506 g/mol. The van der Waals surface area contributed by atoms with Gasteiger partial charge < -0.3 is 44.2 Å². The van der Waals surface area contributed by atoms with Crippen LogP contribution in [0.15, 0.2) is 12.3 Å². The first kappa shape index (κ1) is 25.0. The third kappa shape index (κ3) is 5.75. The fraction of sp³-hybridized carbons (Fsp3) is 0.625. The summed E-state index contributed by atoms with van der Waals surface area (Å²) in [5.41, 5.74) is 1.17. The molecule has 0 aromatic carbocycles. The SMILES string of the molecule is O=P(O)(O)CP(=O)(O)OC[C@H]1O[C@@H](c2ncc3c(N[C@@H]4CCOC4)cc(Cl)nn23)[C@H](O)[C@@H]1O. The van der Waals surface area contributed by atoms with Crippen LogP contribution in [0.2, 0.25) is 5.15 Å².